The maximum absolute atomic E-state index is 12.1. The zero-order valence-electron chi connectivity index (χ0n) is 12.4. The quantitative estimate of drug-likeness (QED) is 0.768. The van der Waals surface area contributed by atoms with Gasteiger partial charge in [0.15, 0.2) is 0 Å². The van der Waals surface area contributed by atoms with Crippen LogP contribution < -0.4 is 10.6 Å². The zero-order valence-corrected chi connectivity index (χ0v) is 12.4. The lowest BCUT2D eigenvalue weighted by atomic mass is 9.92. The van der Waals surface area contributed by atoms with Crippen molar-refractivity contribution in [3.63, 3.8) is 0 Å². The van der Waals surface area contributed by atoms with E-state index in [4.69, 9.17) is 0 Å². The molecule has 1 aliphatic carbocycles. The van der Waals surface area contributed by atoms with Crippen molar-refractivity contribution in [3.05, 3.63) is 0 Å². The molecular weight excluding hydrogens is 236 g/mol. The van der Waals surface area contributed by atoms with Crippen LogP contribution in [0.25, 0.3) is 0 Å². The van der Waals surface area contributed by atoms with Crippen molar-refractivity contribution in [2.24, 2.45) is 11.8 Å². The largest absolute Gasteiger partial charge is 0.353 e. The molecule has 1 heterocycles. The van der Waals surface area contributed by atoms with Gasteiger partial charge < -0.3 is 10.6 Å². The average molecular weight is 266 g/mol. The van der Waals surface area contributed by atoms with Gasteiger partial charge in [-0.1, -0.05) is 25.7 Å². The second-order valence-electron chi connectivity index (χ2n) is 6.52. The molecule has 2 atom stereocenters. The van der Waals surface area contributed by atoms with E-state index in [9.17, 15) is 4.79 Å². The predicted molar refractivity (Wildman–Crippen MR) is 79.0 cm³/mol. The van der Waals surface area contributed by atoms with Crippen LogP contribution in [-0.2, 0) is 4.79 Å². The molecule has 19 heavy (non-hydrogen) atoms. The first-order valence-electron chi connectivity index (χ1n) is 8.26. The lowest BCUT2D eigenvalue weighted by Gasteiger charge is -2.29. The fraction of sp³-hybridized carbons (Fsp3) is 0.938. The van der Waals surface area contributed by atoms with Crippen LogP contribution in [-0.4, -0.2) is 25.0 Å². The minimum absolute atomic E-state index is 0.282. The smallest absolute Gasteiger partial charge is 0.220 e. The van der Waals surface area contributed by atoms with Gasteiger partial charge in [0, 0.05) is 12.5 Å². The Balaban J connectivity index is 1.70. The van der Waals surface area contributed by atoms with Crippen molar-refractivity contribution < 1.29 is 4.79 Å². The van der Waals surface area contributed by atoms with Crippen LogP contribution >= 0.6 is 0 Å². The molecule has 2 aliphatic rings. The number of rotatable bonds is 4. The molecule has 1 saturated carbocycles. The maximum Gasteiger partial charge on any atom is 0.220 e. The molecule has 1 amide bonds. The Morgan fingerprint density at radius 2 is 1.89 bits per heavy atom. The molecule has 3 heteroatoms. The van der Waals surface area contributed by atoms with E-state index in [1.54, 1.807) is 0 Å². The summed E-state index contributed by atoms with van der Waals surface area (Å²) >= 11 is 0. The van der Waals surface area contributed by atoms with E-state index >= 15 is 0 Å². The summed E-state index contributed by atoms with van der Waals surface area (Å²) in [6, 6.07) is 0.325. The van der Waals surface area contributed by atoms with Gasteiger partial charge in [-0.15, -0.1) is 0 Å². The van der Waals surface area contributed by atoms with E-state index in [1.807, 2.05) is 0 Å². The number of hydrogen-bond donors (Lipinski definition) is 2. The minimum atomic E-state index is 0.282. The van der Waals surface area contributed by atoms with Crippen molar-refractivity contribution in [1.29, 1.82) is 0 Å². The predicted octanol–water partition coefficient (Wildman–Crippen LogP) is 2.85. The second-order valence-corrected chi connectivity index (χ2v) is 6.52. The van der Waals surface area contributed by atoms with Gasteiger partial charge in [-0.25, -0.2) is 0 Å². The van der Waals surface area contributed by atoms with Gasteiger partial charge in [-0.2, -0.15) is 0 Å². The van der Waals surface area contributed by atoms with Crippen molar-refractivity contribution in [3.8, 4) is 0 Å². The Morgan fingerprint density at radius 3 is 2.53 bits per heavy atom. The molecule has 0 aromatic rings. The molecule has 2 N–H and O–H groups in total. The minimum Gasteiger partial charge on any atom is -0.353 e. The van der Waals surface area contributed by atoms with Crippen molar-refractivity contribution >= 4 is 5.91 Å². The Kier molecular flexibility index (Phi) is 6.15. The normalized spacial score (nSPS) is 27.5. The van der Waals surface area contributed by atoms with E-state index in [1.165, 1.54) is 51.4 Å². The maximum atomic E-state index is 12.1. The summed E-state index contributed by atoms with van der Waals surface area (Å²) in [7, 11) is 0. The zero-order chi connectivity index (χ0) is 13.5. The summed E-state index contributed by atoms with van der Waals surface area (Å²) in [6.07, 6.45) is 11.1. The fourth-order valence-electron chi connectivity index (χ4n) is 3.57. The fourth-order valence-corrected chi connectivity index (χ4v) is 3.57. The number of carbonyl (C=O) groups excluding carboxylic acids is 1. The average Bonchev–Trinajstić information content (AvgIpc) is 2.68. The lowest BCUT2D eigenvalue weighted by Crippen LogP contribution is -2.44. The summed E-state index contributed by atoms with van der Waals surface area (Å²) in [5, 5.41) is 6.67. The van der Waals surface area contributed by atoms with Crippen molar-refractivity contribution in [2.75, 3.05) is 13.1 Å². The standard InChI is InChI=1S/C16H30N2O/c1-13(15-9-6-10-17-12-15)18-16(19)11-14-7-4-2-3-5-8-14/h13-15,17H,2-12H2,1H3,(H,18,19). The van der Waals surface area contributed by atoms with Crippen LogP contribution in [0.5, 0.6) is 0 Å². The third-order valence-corrected chi connectivity index (χ3v) is 4.88. The Bertz CT molecular complexity index is 266. The van der Waals surface area contributed by atoms with Gasteiger partial charge in [0.1, 0.15) is 0 Å². The molecule has 110 valence electrons. The lowest BCUT2D eigenvalue weighted by molar-refractivity contribution is -0.123. The van der Waals surface area contributed by atoms with E-state index in [2.05, 4.69) is 17.6 Å². The van der Waals surface area contributed by atoms with E-state index in [0.29, 0.717) is 17.9 Å². The SMILES string of the molecule is CC(NC(=O)CC1CCCCCC1)C1CCCNC1. The molecule has 2 rings (SSSR count). The van der Waals surface area contributed by atoms with Gasteiger partial charge in [0.05, 0.1) is 0 Å². The van der Waals surface area contributed by atoms with Gasteiger partial charge in [0.25, 0.3) is 0 Å². The van der Waals surface area contributed by atoms with Crippen LogP contribution in [0.4, 0.5) is 0 Å². The number of amides is 1. The first kappa shape index (κ1) is 14.8. The summed E-state index contributed by atoms with van der Waals surface area (Å²) in [6.45, 7) is 4.37. The summed E-state index contributed by atoms with van der Waals surface area (Å²) in [5.41, 5.74) is 0. The third-order valence-electron chi connectivity index (χ3n) is 4.88. The van der Waals surface area contributed by atoms with Gasteiger partial charge in [0.2, 0.25) is 5.91 Å². The molecule has 2 unspecified atom stereocenters. The highest BCUT2D eigenvalue weighted by Crippen LogP contribution is 2.25. The summed E-state index contributed by atoms with van der Waals surface area (Å²) in [5.74, 6) is 1.54. The Morgan fingerprint density at radius 1 is 1.16 bits per heavy atom. The second kappa shape index (κ2) is 7.88. The van der Waals surface area contributed by atoms with Crippen molar-refractivity contribution in [1.82, 2.24) is 10.6 Å². The van der Waals surface area contributed by atoms with Crippen molar-refractivity contribution in [2.45, 2.75) is 70.8 Å². The number of piperidine rings is 1. The molecule has 0 radical (unpaired) electrons. The first-order valence-corrected chi connectivity index (χ1v) is 8.26. The van der Waals surface area contributed by atoms with Crippen LogP contribution in [0.2, 0.25) is 0 Å². The van der Waals surface area contributed by atoms with Gasteiger partial charge in [-0.3, -0.25) is 4.79 Å². The summed E-state index contributed by atoms with van der Waals surface area (Å²) < 4.78 is 0. The summed E-state index contributed by atoms with van der Waals surface area (Å²) in [4.78, 5) is 12.1. The molecule has 0 aromatic heterocycles. The molecule has 1 aliphatic heterocycles. The van der Waals surface area contributed by atoms with E-state index in [-0.39, 0.29) is 5.91 Å². The topological polar surface area (TPSA) is 41.1 Å². The van der Waals surface area contributed by atoms with Crippen LogP contribution in [0, 0.1) is 11.8 Å². The van der Waals surface area contributed by atoms with Crippen LogP contribution in [0.15, 0.2) is 0 Å². The van der Waals surface area contributed by atoms with Gasteiger partial charge in [-0.05, 0) is 57.5 Å². The van der Waals surface area contributed by atoms with E-state index in [0.717, 1.165) is 19.5 Å². The molecule has 0 aromatic carbocycles. The monoisotopic (exact) mass is 266 g/mol. The highest BCUT2D eigenvalue weighted by atomic mass is 16.1. The highest BCUT2D eigenvalue weighted by molar-refractivity contribution is 5.76. The number of hydrogen-bond acceptors (Lipinski definition) is 2. The van der Waals surface area contributed by atoms with Crippen LogP contribution in [0.1, 0.15) is 64.7 Å². The Labute approximate surface area is 117 Å². The molecule has 0 spiro atoms. The number of nitrogens with one attached hydrogen (secondary N) is 2. The van der Waals surface area contributed by atoms with E-state index < -0.39 is 0 Å². The molecule has 1 saturated heterocycles. The molecule has 0 bridgehead atoms. The number of carbonyl (C=O) groups is 1. The van der Waals surface area contributed by atoms with Gasteiger partial charge >= 0.3 is 0 Å². The third kappa shape index (κ3) is 5.13. The van der Waals surface area contributed by atoms with Crippen LogP contribution in [0.3, 0.4) is 0 Å². The Hall–Kier alpha value is -0.570. The molecule has 3 nitrogen and oxygen atoms in total. The highest BCUT2D eigenvalue weighted by Gasteiger charge is 2.22. The molecular formula is C16H30N2O. The first-order chi connectivity index (χ1) is 9.25. The molecule has 2 fully saturated rings.